The molecule has 1 fully saturated rings. The number of benzene rings is 2. The van der Waals surface area contributed by atoms with E-state index < -0.39 is 0 Å². The molecule has 2 aromatic rings. The van der Waals surface area contributed by atoms with Crippen LogP contribution in [-0.2, 0) is 21.4 Å². The van der Waals surface area contributed by atoms with E-state index >= 15 is 0 Å². The van der Waals surface area contributed by atoms with Gasteiger partial charge in [-0.05, 0) is 48.6 Å². The maximum atomic E-state index is 13.3. The number of amides is 1. The summed E-state index contributed by atoms with van der Waals surface area (Å²) in [4.78, 5) is 12.4. The molecule has 3 N–H and O–H groups in total. The fourth-order valence-electron chi connectivity index (χ4n) is 3.50. The Bertz CT molecular complexity index is 740. The van der Waals surface area contributed by atoms with Crippen molar-refractivity contribution in [2.24, 2.45) is 0 Å². The highest BCUT2D eigenvalue weighted by Gasteiger charge is 2.34. The lowest BCUT2D eigenvalue weighted by Gasteiger charge is -2.38. The molecule has 0 aromatic heterocycles. The number of nitrogens with one attached hydrogen (secondary N) is 1. The fourth-order valence-corrected chi connectivity index (χ4v) is 3.50. The van der Waals surface area contributed by atoms with Crippen LogP contribution in [0.3, 0.4) is 0 Å². The number of aryl methyl sites for hydroxylation is 1. The molecule has 2 aromatic carbocycles. The molecule has 1 aliphatic heterocycles. The molecular weight excluding hydrogens is 331 g/mol. The minimum absolute atomic E-state index is 0.00114. The highest BCUT2D eigenvalue weighted by Crippen LogP contribution is 2.34. The predicted molar refractivity (Wildman–Crippen MR) is 100 cm³/mol. The van der Waals surface area contributed by atoms with Gasteiger partial charge in [0.2, 0.25) is 5.91 Å². The molecule has 1 saturated heterocycles. The summed E-state index contributed by atoms with van der Waals surface area (Å²) in [5, 5.41) is 3.07. The number of nitrogen functional groups attached to an aromatic ring is 1. The van der Waals surface area contributed by atoms with Gasteiger partial charge in [-0.3, -0.25) is 4.79 Å². The quantitative estimate of drug-likeness (QED) is 0.781. The van der Waals surface area contributed by atoms with E-state index in [1.807, 2.05) is 36.4 Å². The Morgan fingerprint density at radius 2 is 1.81 bits per heavy atom. The zero-order valence-corrected chi connectivity index (χ0v) is 14.8. The van der Waals surface area contributed by atoms with Crippen LogP contribution in [0, 0.1) is 5.82 Å². The summed E-state index contributed by atoms with van der Waals surface area (Å²) in [6.07, 6.45) is 2.63. The van der Waals surface area contributed by atoms with Crippen molar-refractivity contribution in [2.45, 2.75) is 31.1 Å². The molecule has 0 radical (unpaired) electrons. The molecule has 0 saturated carbocycles. The molecule has 4 nitrogen and oxygen atoms in total. The highest BCUT2D eigenvalue weighted by atomic mass is 19.1. The highest BCUT2D eigenvalue weighted by molar-refractivity contribution is 5.76. The van der Waals surface area contributed by atoms with Gasteiger partial charge in [-0.15, -0.1) is 0 Å². The van der Waals surface area contributed by atoms with Crippen molar-refractivity contribution < 1.29 is 13.9 Å². The number of halogens is 1. The second-order valence-electron chi connectivity index (χ2n) is 6.88. The Morgan fingerprint density at radius 1 is 1.12 bits per heavy atom. The van der Waals surface area contributed by atoms with Crippen molar-refractivity contribution in [1.82, 2.24) is 5.32 Å². The standard InChI is InChI=1S/C21H25FN2O2/c22-18-8-6-17(7-9-18)21(11-13-26-14-12-21)15-24-20(25)10-5-16-3-1-2-4-19(16)23/h1-4,6-9H,5,10-15,23H2,(H,24,25). The van der Waals surface area contributed by atoms with Gasteiger partial charge in [0.15, 0.2) is 0 Å². The topological polar surface area (TPSA) is 64.4 Å². The van der Waals surface area contributed by atoms with Crippen LogP contribution in [0.25, 0.3) is 0 Å². The Kier molecular flexibility index (Phi) is 5.89. The Hall–Kier alpha value is -2.40. The maximum absolute atomic E-state index is 13.3. The first-order chi connectivity index (χ1) is 12.6. The molecule has 5 heteroatoms. The van der Waals surface area contributed by atoms with Crippen LogP contribution in [0.4, 0.5) is 10.1 Å². The summed E-state index contributed by atoms with van der Waals surface area (Å²) in [5.41, 5.74) is 8.48. The number of para-hydroxylation sites is 1. The second-order valence-corrected chi connectivity index (χ2v) is 6.88. The number of nitrogens with two attached hydrogens (primary N) is 1. The number of hydrogen-bond donors (Lipinski definition) is 2. The van der Waals surface area contributed by atoms with E-state index in [2.05, 4.69) is 5.32 Å². The van der Waals surface area contributed by atoms with Crippen LogP contribution in [0.5, 0.6) is 0 Å². The predicted octanol–water partition coefficient (Wildman–Crippen LogP) is 3.21. The zero-order valence-electron chi connectivity index (χ0n) is 14.8. The normalized spacial score (nSPS) is 16.2. The van der Waals surface area contributed by atoms with Crippen LogP contribution < -0.4 is 11.1 Å². The van der Waals surface area contributed by atoms with Crippen LogP contribution in [-0.4, -0.2) is 25.7 Å². The number of rotatable bonds is 6. The van der Waals surface area contributed by atoms with Gasteiger partial charge in [-0.25, -0.2) is 4.39 Å². The van der Waals surface area contributed by atoms with E-state index in [1.54, 1.807) is 0 Å². The van der Waals surface area contributed by atoms with E-state index in [0.717, 1.165) is 24.0 Å². The number of hydrogen-bond acceptors (Lipinski definition) is 3. The lowest BCUT2D eigenvalue weighted by molar-refractivity contribution is -0.121. The summed E-state index contributed by atoms with van der Waals surface area (Å²) in [6.45, 7) is 1.83. The summed E-state index contributed by atoms with van der Waals surface area (Å²) in [7, 11) is 0. The number of anilines is 1. The van der Waals surface area contributed by atoms with Gasteiger partial charge < -0.3 is 15.8 Å². The second kappa shape index (κ2) is 8.32. The average Bonchev–Trinajstić information content (AvgIpc) is 2.67. The minimum Gasteiger partial charge on any atom is -0.399 e. The first-order valence-electron chi connectivity index (χ1n) is 9.03. The van der Waals surface area contributed by atoms with Gasteiger partial charge in [0.1, 0.15) is 5.82 Å². The lowest BCUT2D eigenvalue weighted by atomic mass is 9.74. The van der Waals surface area contributed by atoms with Crippen molar-refractivity contribution in [3.63, 3.8) is 0 Å². The third kappa shape index (κ3) is 4.41. The van der Waals surface area contributed by atoms with E-state index in [4.69, 9.17) is 10.5 Å². The van der Waals surface area contributed by atoms with E-state index in [9.17, 15) is 9.18 Å². The smallest absolute Gasteiger partial charge is 0.220 e. The van der Waals surface area contributed by atoms with Gasteiger partial charge in [0, 0.05) is 37.3 Å². The van der Waals surface area contributed by atoms with Crippen molar-refractivity contribution in [2.75, 3.05) is 25.5 Å². The van der Waals surface area contributed by atoms with Crippen molar-refractivity contribution >= 4 is 11.6 Å². The molecule has 0 spiro atoms. The summed E-state index contributed by atoms with van der Waals surface area (Å²) >= 11 is 0. The fraction of sp³-hybridized carbons (Fsp3) is 0.381. The monoisotopic (exact) mass is 356 g/mol. The van der Waals surface area contributed by atoms with Gasteiger partial charge in [-0.2, -0.15) is 0 Å². The molecule has 138 valence electrons. The molecule has 0 bridgehead atoms. The Balaban J connectivity index is 1.61. The molecule has 1 heterocycles. The van der Waals surface area contributed by atoms with E-state index in [1.165, 1.54) is 12.1 Å². The summed E-state index contributed by atoms with van der Waals surface area (Å²) < 4.78 is 18.8. The largest absolute Gasteiger partial charge is 0.399 e. The summed E-state index contributed by atoms with van der Waals surface area (Å²) in [5.74, 6) is -0.248. The van der Waals surface area contributed by atoms with Crippen molar-refractivity contribution in [3.05, 3.63) is 65.5 Å². The maximum Gasteiger partial charge on any atom is 0.220 e. The average molecular weight is 356 g/mol. The molecule has 0 aliphatic carbocycles. The lowest BCUT2D eigenvalue weighted by Crippen LogP contribution is -2.44. The van der Waals surface area contributed by atoms with Crippen molar-refractivity contribution in [1.29, 1.82) is 0 Å². The zero-order chi connectivity index (χ0) is 18.4. The number of carbonyl (C=O) groups excluding carboxylic acids is 1. The van der Waals surface area contributed by atoms with E-state index in [-0.39, 0.29) is 17.1 Å². The first-order valence-corrected chi connectivity index (χ1v) is 9.03. The van der Waals surface area contributed by atoms with Crippen LogP contribution >= 0.6 is 0 Å². The third-order valence-corrected chi connectivity index (χ3v) is 5.21. The van der Waals surface area contributed by atoms with Crippen LogP contribution in [0.15, 0.2) is 48.5 Å². The van der Waals surface area contributed by atoms with Gasteiger partial charge in [-0.1, -0.05) is 30.3 Å². The SMILES string of the molecule is Nc1ccccc1CCC(=O)NCC1(c2ccc(F)cc2)CCOCC1. The molecule has 1 aliphatic rings. The van der Waals surface area contributed by atoms with E-state index in [0.29, 0.717) is 38.3 Å². The molecule has 0 atom stereocenters. The van der Waals surface area contributed by atoms with Crippen molar-refractivity contribution in [3.8, 4) is 0 Å². The minimum atomic E-state index is -0.250. The molecule has 0 unspecified atom stereocenters. The third-order valence-electron chi connectivity index (χ3n) is 5.21. The molecule has 1 amide bonds. The van der Waals surface area contributed by atoms with Crippen LogP contribution in [0.2, 0.25) is 0 Å². The molecule has 3 rings (SSSR count). The van der Waals surface area contributed by atoms with Gasteiger partial charge >= 0.3 is 0 Å². The van der Waals surface area contributed by atoms with Gasteiger partial charge in [0.05, 0.1) is 0 Å². The first kappa shape index (κ1) is 18.4. The Morgan fingerprint density at radius 3 is 2.50 bits per heavy atom. The number of carbonyl (C=O) groups is 1. The van der Waals surface area contributed by atoms with Crippen LogP contribution in [0.1, 0.15) is 30.4 Å². The van der Waals surface area contributed by atoms with Gasteiger partial charge in [0.25, 0.3) is 0 Å². The molecular formula is C21H25FN2O2. The number of ether oxygens (including phenoxy) is 1. The summed E-state index contributed by atoms with van der Waals surface area (Å²) in [6, 6.07) is 14.2. The Labute approximate surface area is 153 Å². The molecule has 26 heavy (non-hydrogen) atoms.